The monoisotopic (exact) mass is 657 g/mol. The predicted octanol–water partition coefficient (Wildman–Crippen LogP) is 5.92. The number of ether oxygens (including phenoxy) is 2. The van der Waals surface area contributed by atoms with Crippen molar-refractivity contribution in [3.05, 3.63) is 45.3 Å². The first-order chi connectivity index (χ1) is 20.6. The van der Waals surface area contributed by atoms with Gasteiger partial charge in [0.2, 0.25) is 14.2 Å². The van der Waals surface area contributed by atoms with Gasteiger partial charge in [0, 0.05) is 30.1 Å². The summed E-state index contributed by atoms with van der Waals surface area (Å²) in [6.45, 7) is 22.5. The Labute approximate surface area is 271 Å². The summed E-state index contributed by atoms with van der Waals surface area (Å²) in [4.78, 5) is 55.2. The van der Waals surface area contributed by atoms with E-state index in [9.17, 15) is 19.2 Å². The Morgan fingerprint density at radius 2 is 1.58 bits per heavy atom. The van der Waals surface area contributed by atoms with Crippen LogP contribution in [-0.4, -0.2) is 54.2 Å². The maximum atomic E-state index is 13.9. The van der Waals surface area contributed by atoms with E-state index in [4.69, 9.17) is 13.9 Å². The van der Waals surface area contributed by atoms with Crippen molar-refractivity contribution in [2.75, 3.05) is 5.32 Å². The molecule has 246 valence electrons. The fourth-order valence-electron chi connectivity index (χ4n) is 4.94. The zero-order chi connectivity index (χ0) is 33.7. The van der Waals surface area contributed by atoms with E-state index >= 15 is 0 Å². The van der Waals surface area contributed by atoms with Gasteiger partial charge in [-0.25, -0.2) is 9.59 Å². The van der Waals surface area contributed by atoms with Gasteiger partial charge in [-0.1, -0.05) is 32.9 Å². The number of carbonyl (C=O) groups is 4. The van der Waals surface area contributed by atoms with Crippen LogP contribution in [0.5, 0.6) is 5.75 Å². The number of nitrogens with zero attached hydrogens (tertiary/aromatic N) is 1. The molecule has 1 aromatic heterocycles. The zero-order valence-corrected chi connectivity index (χ0v) is 30.2. The van der Waals surface area contributed by atoms with Gasteiger partial charge in [0.15, 0.2) is 0 Å². The summed E-state index contributed by atoms with van der Waals surface area (Å²) in [5.41, 5.74) is 1.23. The van der Waals surface area contributed by atoms with Crippen molar-refractivity contribution in [2.24, 2.45) is 0 Å². The quantitative estimate of drug-likeness (QED) is 0.231. The van der Waals surface area contributed by atoms with Crippen molar-refractivity contribution in [1.29, 1.82) is 0 Å². The Balaban J connectivity index is 1.57. The second kappa shape index (κ2) is 12.2. The molecule has 2 amide bonds. The first kappa shape index (κ1) is 34.6. The maximum Gasteiger partial charge on any atom is 0.397 e. The summed E-state index contributed by atoms with van der Waals surface area (Å²) in [6.07, 6.45) is 0.224. The Morgan fingerprint density at radius 3 is 2.18 bits per heavy atom. The molecule has 0 saturated carbocycles. The van der Waals surface area contributed by atoms with Crippen molar-refractivity contribution in [2.45, 2.75) is 124 Å². The van der Waals surface area contributed by atoms with Crippen molar-refractivity contribution >= 4 is 48.4 Å². The molecule has 3 heterocycles. The standard InChI is InChI=1S/C33H47N3O7SSi/c1-31(2,3)41-29(39)25-20-15-22(34-16-24(20)44-27(25)35-26(37)30(40)42-32(4,5)6)28(38)36-17-19-13-12-14-23(21(19)18-36)43-45(10,11)33(7,8)9/h12-14,22,34H,15-18H2,1-11H3,(H,35,37). The number of esters is 2. The lowest BCUT2D eigenvalue weighted by Gasteiger charge is -2.37. The Bertz CT molecular complexity index is 1510. The fraction of sp³-hybridized carbons (Fsp3) is 0.576. The summed E-state index contributed by atoms with van der Waals surface area (Å²) < 4.78 is 17.6. The van der Waals surface area contributed by atoms with Crippen LogP contribution in [0.2, 0.25) is 18.1 Å². The third-order valence-electron chi connectivity index (χ3n) is 8.14. The van der Waals surface area contributed by atoms with E-state index in [1.807, 2.05) is 23.1 Å². The number of hydrogen-bond donors (Lipinski definition) is 2. The van der Waals surface area contributed by atoms with Gasteiger partial charge in [-0.15, -0.1) is 11.3 Å². The molecular formula is C33H47N3O7SSi. The molecule has 1 aromatic carbocycles. The van der Waals surface area contributed by atoms with E-state index in [1.54, 1.807) is 41.5 Å². The van der Waals surface area contributed by atoms with Crippen LogP contribution in [0.4, 0.5) is 5.00 Å². The molecule has 0 spiro atoms. The van der Waals surface area contributed by atoms with Crippen LogP contribution in [0.1, 0.15) is 94.2 Å². The molecule has 1 unspecified atom stereocenters. The lowest BCUT2D eigenvalue weighted by atomic mass is 9.97. The normalized spacial score (nSPS) is 16.9. The van der Waals surface area contributed by atoms with Gasteiger partial charge in [0.05, 0.1) is 11.6 Å². The molecule has 0 bridgehead atoms. The summed E-state index contributed by atoms with van der Waals surface area (Å²) in [5, 5.41) is 6.13. The largest absolute Gasteiger partial charge is 0.543 e. The Hall–Kier alpha value is -3.22. The number of hydrogen-bond acceptors (Lipinski definition) is 9. The summed E-state index contributed by atoms with van der Waals surface area (Å²) in [5.74, 6) is -1.92. The van der Waals surface area contributed by atoms with Crippen LogP contribution in [0, 0.1) is 0 Å². The molecule has 1 atom stereocenters. The van der Waals surface area contributed by atoms with Gasteiger partial charge in [0.25, 0.3) is 0 Å². The highest BCUT2D eigenvalue weighted by Crippen LogP contribution is 2.41. The molecule has 0 radical (unpaired) electrons. The van der Waals surface area contributed by atoms with E-state index in [0.717, 1.165) is 21.8 Å². The molecule has 2 aromatic rings. The molecule has 4 rings (SSSR count). The first-order valence-electron chi connectivity index (χ1n) is 15.3. The number of anilines is 1. The number of rotatable bonds is 5. The fourth-order valence-corrected chi connectivity index (χ4v) is 7.15. The minimum absolute atomic E-state index is 0.0329. The SMILES string of the molecule is CC(C)(C)OC(=O)C(=O)Nc1sc2c(c1C(=O)OC(C)(C)C)CC(C(=O)N1Cc3cccc(O[Si](C)(C)C(C)(C)C)c3C1)NC2. The highest BCUT2D eigenvalue weighted by molar-refractivity contribution is 7.17. The van der Waals surface area contributed by atoms with Gasteiger partial charge < -0.3 is 29.4 Å². The van der Waals surface area contributed by atoms with Crippen LogP contribution < -0.4 is 15.1 Å². The smallest absolute Gasteiger partial charge is 0.397 e. The molecule has 2 aliphatic heterocycles. The molecule has 2 N–H and O–H groups in total. The first-order valence-corrected chi connectivity index (χ1v) is 19.0. The molecule has 12 heteroatoms. The molecule has 0 fully saturated rings. The Morgan fingerprint density at radius 1 is 0.933 bits per heavy atom. The van der Waals surface area contributed by atoms with Crippen molar-refractivity contribution in [3.8, 4) is 5.75 Å². The zero-order valence-electron chi connectivity index (χ0n) is 28.4. The number of nitrogens with one attached hydrogen (secondary N) is 2. The molecule has 10 nitrogen and oxygen atoms in total. The van der Waals surface area contributed by atoms with E-state index in [0.29, 0.717) is 25.2 Å². The molecule has 45 heavy (non-hydrogen) atoms. The third kappa shape index (κ3) is 7.96. The van der Waals surface area contributed by atoms with Crippen LogP contribution in [-0.2, 0) is 49.9 Å². The second-order valence-electron chi connectivity index (χ2n) is 15.3. The average molecular weight is 658 g/mol. The van der Waals surface area contributed by atoms with Crippen molar-refractivity contribution in [3.63, 3.8) is 0 Å². The van der Waals surface area contributed by atoms with E-state index in [-0.39, 0.29) is 27.9 Å². The number of carbonyl (C=O) groups excluding carboxylic acids is 4. The number of benzene rings is 1. The lowest BCUT2D eigenvalue weighted by molar-refractivity contribution is -0.161. The predicted molar refractivity (Wildman–Crippen MR) is 177 cm³/mol. The van der Waals surface area contributed by atoms with Gasteiger partial charge in [-0.05, 0) is 83.3 Å². The van der Waals surface area contributed by atoms with Crippen molar-refractivity contribution < 1.29 is 33.1 Å². The van der Waals surface area contributed by atoms with Gasteiger partial charge >= 0.3 is 17.8 Å². The number of thiophene rings is 1. The second-order valence-corrected chi connectivity index (χ2v) is 21.1. The van der Waals surface area contributed by atoms with Crippen LogP contribution in [0.3, 0.4) is 0 Å². The van der Waals surface area contributed by atoms with E-state index in [2.05, 4.69) is 44.5 Å². The summed E-state index contributed by atoms with van der Waals surface area (Å²) in [6, 6.07) is 5.41. The minimum atomic E-state index is -2.09. The van der Waals surface area contributed by atoms with Gasteiger partial charge in [-0.2, -0.15) is 0 Å². The van der Waals surface area contributed by atoms with Crippen molar-refractivity contribution in [1.82, 2.24) is 10.2 Å². The molecule has 0 aliphatic carbocycles. The highest BCUT2D eigenvalue weighted by Gasteiger charge is 2.41. The number of fused-ring (bicyclic) bond motifs is 2. The third-order valence-corrected chi connectivity index (χ3v) is 13.6. The Kier molecular flexibility index (Phi) is 9.38. The van der Waals surface area contributed by atoms with E-state index < -0.39 is 43.4 Å². The maximum absolute atomic E-state index is 13.9. The van der Waals surface area contributed by atoms with Gasteiger partial charge in [0.1, 0.15) is 22.0 Å². The highest BCUT2D eigenvalue weighted by atomic mass is 32.1. The van der Waals surface area contributed by atoms with Gasteiger partial charge in [-0.3, -0.25) is 9.59 Å². The average Bonchev–Trinajstić information content (AvgIpc) is 3.47. The molecular weight excluding hydrogens is 611 g/mol. The van der Waals surface area contributed by atoms with Crippen LogP contribution >= 0.6 is 11.3 Å². The van der Waals surface area contributed by atoms with E-state index in [1.165, 1.54) is 11.3 Å². The number of amides is 2. The molecule has 2 aliphatic rings. The minimum Gasteiger partial charge on any atom is -0.543 e. The summed E-state index contributed by atoms with van der Waals surface area (Å²) in [7, 11) is -2.09. The molecule has 0 saturated heterocycles. The summed E-state index contributed by atoms with van der Waals surface area (Å²) >= 11 is 1.18. The topological polar surface area (TPSA) is 123 Å². The van der Waals surface area contributed by atoms with Crippen LogP contribution in [0.25, 0.3) is 0 Å². The lowest BCUT2D eigenvalue weighted by Crippen LogP contribution is -2.48. The van der Waals surface area contributed by atoms with Crippen LogP contribution in [0.15, 0.2) is 18.2 Å².